The predicted molar refractivity (Wildman–Crippen MR) is 101 cm³/mol. The highest BCUT2D eigenvalue weighted by atomic mass is 16.3. The molecular weight excluding hydrogens is 330 g/mol. The summed E-state index contributed by atoms with van der Waals surface area (Å²) in [6.07, 6.45) is 7.52. The van der Waals surface area contributed by atoms with E-state index in [0.29, 0.717) is 12.0 Å². The summed E-state index contributed by atoms with van der Waals surface area (Å²) in [5.41, 5.74) is 2.09. The molecule has 1 atom stereocenters. The maximum Gasteiger partial charge on any atom is 0.259 e. The molecular formula is C21H23NO4. The fourth-order valence-electron chi connectivity index (χ4n) is 2.53. The van der Waals surface area contributed by atoms with E-state index in [1.54, 1.807) is 31.2 Å². The van der Waals surface area contributed by atoms with Gasteiger partial charge in [0.2, 0.25) is 0 Å². The molecule has 1 aromatic carbocycles. The molecule has 5 heteroatoms. The van der Waals surface area contributed by atoms with Crippen LogP contribution in [0.25, 0.3) is 0 Å². The summed E-state index contributed by atoms with van der Waals surface area (Å²) >= 11 is 0. The molecule has 3 N–H and O–H groups in total. The van der Waals surface area contributed by atoms with Crippen LogP contribution in [0.3, 0.4) is 0 Å². The van der Waals surface area contributed by atoms with Crippen LogP contribution < -0.4 is 5.32 Å². The summed E-state index contributed by atoms with van der Waals surface area (Å²) in [6, 6.07) is 5.71. The summed E-state index contributed by atoms with van der Waals surface area (Å²) in [5, 5.41) is 22.3. The number of carbonyl (C=O) groups is 2. The van der Waals surface area contributed by atoms with Gasteiger partial charge in [-0.05, 0) is 44.0 Å². The van der Waals surface area contributed by atoms with Gasteiger partial charge in [0.1, 0.15) is 17.1 Å². The van der Waals surface area contributed by atoms with Crippen LogP contribution >= 0.6 is 0 Å². The number of carbonyl (C=O) groups excluding carboxylic acids is 2. The molecule has 1 aliphatic rings. The van der Waals surface area contributed by atoms with E-state index in [-0.39, 0.29) is 17.1 Å². The van der Waals surface area contributed by atoms with Crippen LogP contribution in [-0.4, -0.2) is 27.9 Å². The number of amides is 1. The number of aliphatic hydroxyl groups excluding tert-OH is 1. The molecule has 1 aromatic rings. The van der Waals surface area contributed by atoms with Crippen molar-refractivity contribution in [3.05, 3.63) is 76.6 Å². The molecule has 0 bridgehead atoms. The van der Waals surface area contributed by atoms with E-state index in [0.717, 1.165) is 11.1 Å². The quantitative estimate of drug-likeness (QED) is 0.328. The number of hydrogen-bond donors (Lipinski definition) is 3. The number of benzene rings is 1. The molecule has 5 nitrogen and oxygen atoms in total. The Hall–Kier alpha value is -3.08. The number of allylic oxidation sites excluding steroid dienone is 6. The normalized spacial score (nSPS) is 20.7. The lowest BCUT2D eigenvalue weighted by atomic mass is 9.99. The Morgan fingerprint density at radius 1 is 1.19 bits per heavy atom. The van der Waals surface area contributed by atoms with E-state index in [1.165, 1.54) is 12.1 Å². The molecule has 0 aliphatic carbocycles. The first-order valence-electron chi connectivity index (χ1n) is 8.38. The average molecular weight is 353 g/mol. The van der Waals surface area contributed by atoms with Gasteiger partial charge in [-0.3, -0.25) is 9.59 Å². The summed E-state index contributed by atoms with van der Waals surface area (Å²) in [5.74, 6) is -1.17. The molecule has 1 amide bonds. The van der Waals surface area contributed by atoms with Gasteiger partial charge < -0.3 is 15.5 Å². The number of hydrogen-bond acceptors (Lipinski definition) is 4. The van der Waals surface area contributed by atoms with Gasteiger partial charge in [0.05, 0.1) is 6.04 Å². The van der Waals surface area contributed by atoms with Crippen molar-refractivity contribution in [2.45, 2.75) is 33.2 Å². The van der Waals surface area contributed by atoms with Gasteiger partial charge in [0.25, 0.3) is 5.91 Å². The highest BCUT2D eigenvalue weighted by molar-refractivity contribution is 6.27. The van der Waals surface area contributed by atoms with Gasteiger partial charge in [-0.15, -0.1) is 0 Å². The molecule has 1 fully saturated rings. The third-order valence-electron chi connectivity index (χ3n) is 4.24. The van der Waals surface area contributed by atoms with Gasteiger partial charge in [-0.1, -0.05) is 42.0 Å². The maximum absolute atomic E-state index is 12.6. The summed E-state index contributed by atoms with van der Waals surface area (Å²) < 4.78 is 0. The largest absolute Gasteiger partial charge is 0.508 e. The van der Waals surface area contributed by atoms with Crippen molar-refractivity contribution in [1.29, 1.82) is 0 Å². The molecule has 1 unspecified atom stereocenters. The lowest BCUT2D eigenvalue weighted by Crippen LogP contribution is -2.31. The number of aromatic hydroxyl groups is 1. The second kappa shape index (κ2) is 8.34. The van der Waals surface area contributed by atoms with Gasteiger partial charge in [-0.25, -0.2) is 0 Å². The number of aliphatic hydroxyl groups is 1. The van der Waals surface area contributed by atoms with Gasteiger partial charge >= 0.3 is 0 Å². The summed E-state index contributed by atoms with van der Waals surface area (Å²) in [4.78, 5) is 24.7. The van der Waals surface area contributed by atoms with Crippen molar-refractivity contribution >= 4 is 11.7 Å². The highest BCUT2D eigenvalue weighted by Gasteiger charge is 2.38. The maximum atomic E-state index is 12.6. The van der Waals surface area contributed by atoms with Crippen LogP contribution in [0.15, 0.2) is 71.0 Å². The summed E-state index contributed by atoms with van der Waals surface area (Å²) in [7, 11) is 0. The van der Waals surface area contributed by atoms with E-state index in [2.05, 4.69) is 5.32 Å². The van der Waals surface area contributed by atoms with E-state index in [1.807, 2.05) is 26.0 Å². The van der Waals surface area contributed by atoms with Gasteiger partial charge in [0.15, 0.2) is 5.78 Å². The second-order valence-corrected chi connectivity index (χ2v) is 6.23. The standard InChI is InChI=1S/C21H23NO4/c1-4-13(2)6-5-7-14(3)19(24)18-20(25)17(22-21(18)26)12-15-8-10-16(23)11-9-15/h4-11,17,23-24H,12H2,1-3H3,(H,22,26). The fraction of sp³-hybridized carbons (Fsp3) is 0.238. The minimum Gasteiger partial charge on any atom is -0.508 e. The van der Waals surface area contributed by atoms with Crippen LogP contribution in [0.4, 0.5) is 0 Å². The van der Waals surface area contributed by atoms with E-state index < -0.39 is 17.7 Å². The minimum absolute atomic E-state index is 0.135. The molecule has 1 saturated heterocycles. The molecule has 0 radical (unpaired) electrons. The van der Waals surface area contributed by atoms with Crippen molar-refractivity contribution in [2.24, 2.45) is 0 Å². The number of phenolic OH excluding ortho intramolecular Hbond substituents is 1. The number of ketones is 1. The van der Waals surface area contributed by atoms with E-state index in [4.69, 9.17) is 0 Å². The number of rotatable bonds is 5. The number of Topliss-reactive ketones (excluding diaryl/α,β-unsaturated/α-hetero) is 1. The van der Waals surface area contributed by atoms with Gasteiger partial charge in [-0.2, -0.15) is 0 Å². The Kier molecular flexibility index (Phi) is 6.17. The molecule has 26 heavy (non-hydrogen) atoms. The smallest absolute Gasteiger partial charge is 0.259 e. The second-order valence-electron chi connectivity index (χ2n) is 6.23. The molecule has 0 saturated carbocycles. The third-order valence-corrected chi connectivity index (χ3v) is 4.24. The zero-order chi connectivity index (χ0) is 19.3. The summed E-state index contributed by atoms with van der Waals surface area (Å²) in [6.45, 7) is 5.51. The monoisotopic (exact) mass is 353 g/mol. The van der Waals surface area contributed by atoms with Crippen molar-refractivity contribution in [1.82, 2.24) is 5.32 Å². The zero-order valence-electron chi connectivity index (χ0n) is 15.1. The van der Waals surface area contributed by atoms with E-state index in [9.17, 15) is 19.8 Å². The molecule has 2 rings (SSSR count). The minimum atomic E-state index is -0.724. The first-order valence-corrected chi connectivity index (χ1v) is 8.38. The molecule has 0 aromatic heterocycles. The topological polar surface area (TPSA) is 86.6 Å². The molecule has 1 heterocycles. The van der Waals surface area contributed by atoms with Crippen molar-refractivity contribution < 1.29 is 19.8 Å². The molecule has 136 valence electrons. The molecule has 1 aliphatic heterocycles. The number of nitrogens with one attached hydrogen (secondary N) is 1. The van der Waals surface area contributed by atoms with Crippen LogP contribution in [0.5, 0.6) is 5.75 Å². The fourth-order valence-corrected chi connectivity index (χ4v) is 2.53. The average Bonchev–Trinajstić information content (AvgIpc) is 2.89. The zero-order valence-corrected chi connectivity index (χ0v) is 15.1. The van der Waals surface area contributed by atoms with Crippen LogP contribution in [0, 0.1) is 0 Å². The third kappa shape index (κ3) is 4.51. The van der Waals surface area contributed by atoms with Crippen LogP contribution in [-0.2, 0) is 16.0 Å². The highest BCUT2D eigenvalue weighted by Crippen LogP contribution is 2.22. The predicted octanol–water partition coefficient (Wildman–Crippen LogP) is 3.28. The van der Waals surface area contributed by atoms with Crippen molar-refractivity contribution in [2.75, 3.05) is 0 Å². The Balaban J connectivity index is 2.20. The Morgan fingerprint density at radius 3 is 2.46 bits per heavy atom. The van der Waals surface area contributed by atoms with Crippen molar-refractivity contribution in [3.8, 4) is 5.75 Å². The lowest BCUT2D eigenvalue weighted by molar-refractivity contribution is -0.117. The Bertz CT molecular complexity index is 826. The Labute approximate surface area is 153 Å². The first kappa shape index (κ1) is 19.2. The SMILES string of the molecule is CC=C(C)C=CC=C(C)C(O)=C1C(=O)NC(Cc2ccc(O)cc2)C1=O. The van der Waals surface area contributed by atoms with Crippen LogP contribution in [0.2, 0.25) is 0 Å². The van der Waals surface area contributed by atoms with Crippen molar-refractivity contribution in [3.63, 3.8) is 0 Å². The molecule has 0 spiro atoms. The lowest BCUT2D eigenvalue weighted by Gasteiger charge is -2.08. The first-order chi connectivity index (χ1) is 12.3. The van der Waals surface area contributed by atoms with E-state index >= 15 is 0 Å². The van der Waals surface area contributed by atoms with Crippen LogP contribution in [0.1, 0.15) is 26.3 Å². The van der Waals surface area contributed by atoms with Gasteiger partial charge in [0, 0.05) is 6.42 Å². The Morgan fingerprint density at radius 2 is 1.85 bits per heavy atom. The number of phenols is 1.